The van der Waals surface area contributed by atoms with Crippen molar-refractivity contribution in [3.63, 3.8) is 0 Å². The number of aliphatic hydroxyl groups excluding tert-OH is 1. The Kier molecular flexibility index (Phi) is 2.71. The van der Waals surface area contributed by atoms with E-state index in [1.165, 1.54) is 0 Å². The first kappa shape index (κ1) is 9.07. The summed E-state index contributed by atoms with van der Waals surface area (Å²) >= 11 is 0. The van der Waals surface area contributed by atoms with E-state index in [0.29, 0.717) is 0 Å². The molecule has 0 aliphatic heterocycles. The minimum Gasteiger partial charge on any atom is -0.387 e. The molecular weight excluding hydrogens is 150 g/mol. The SMILES string of the molecule is C=C(C)Cn1cccc1C(C)O. The van der Waals surface area contributed by atoms with E-state index in [2.05, 4.69) is 6.58 Å². The largest absolute Gasteiger partial charge is 0.387 e. The standard InChI is InChI=1S/C10H15NO/c1-8(2)7-11-6-4-5-10(11)9(3)12/h4-6,9,12H,1,7H2,2-3H3. The molecule has 1 heterocycles. The van der Waals surface area contributed by atoms with E-state index < -0.39 is 6.10 Å². The third-order valence-corrected chi connectivity index (χ3v) is 1.73. The molecule has 0 spiro atoms. The molecule has 0 radical (unpaired) electrons. The molecule has 0 fully saturated rings. The van der Waals surface area contributed by atoms with Crippen molar-refractivity contribution in [1.29, 1.82) is 0 Å². The summed E-state index contributed by atoms with van der Waals surface area (Å²) in [5, 5.41) is 9.36. The van der Waals surface area contributed by atoms with Gasteiger partial charge in [-0.3, -0.25) is 0 Å². The fraction of sp³-hybridized carbons (Fsp3) is 0.400. The summed E-state index contributed by atoms with van der Waals surface area (Å²) in [5.74, 6) is 0. The van der Waals surface area contributed by atoms with E-state index in [1.807, 2.05) is 29.8 Å². The summed E-state index contributed by atoms with van der Waals surface area (Å²) in [6, 6.07) is 3.86. The van der Waals surface area contributed by atoms with Crippen molar-refractivity contribution in [2.45, 2.75) is 26.5 Å². The molecule has 1 aromatic heterocycles. The minimum absolute atomic E-state index is 0.403. The molecule has 66 valence electrons. The Morgan fingerprint density at radius 3 is 2.92 bits per heavy atom. The van der Waals surface area contributed by atoms with Crippen molar-refractivity contribution in [1.82, 2.24) is 4.57 Å². The van der Waals surface area contributed by atoms with Gasteiger partial charge in [0.25, 0.3) is 0 Å². The van der Waals surface area contributed by atoms with Crippen molar-refractivity contribution in [2.75, 3.05) is 0 Å². The molecule has 1 N–H and O–H groups in total. The Balaban J connectivity index is 2.84. The van der Waals surface area contributed by atoms with E-state index in [-0.39, 0.29) is 0 Å². The van der Waals surface area contributed by atoms with Gasteiger partial charge in [-0.2, -0.15) is 0 Å². The molecule has 1 atom stereocenters. The van der Waals surface area contributed by atoms with Crippen LogP contribution in [0.5, 0.6) is 0 Å². The third kappa shape index (κ3) is 1.98. The summed E-state index contributed by atoms with van der Waals surface area (Å²) in [7, 11) is 0. The van der Waals surface area contributed by atoms with Crippen LogP contribution < -0.4 is 0 Å². The first-order valence-corrected chi connectivity index (χ1v) is 4.08. The Hall–Kier alpha value is -1.02. The summed E-state index contributed by atoms with van der Waals surface area (Å²) < 4.78 is 2.01. The second kappa shape index (κ2) is 3.59. The van der Waals surface area contributed by atoms with E-state index in [9.17, 15) is 5.11 Å². The molecule has 2 nitrogen and oxygen atoms in total. The third-order valence-electron chi connectivity index (χ3n) is 1.73. The zero-order valence-electron chi connectivity index (χ0n) is 7.62. The molecule has 2 heteroatoms. The lowest BCUT2D eigenvalue weighted by Gasteiger charge is -2.10. The number of hydrogen-bond donors (Lipinski definition) is 1. The molecule has 0 saturated heterocycles. The Labute approximate surface area is 73.1 Å². The molecule has 0 aliphatic carbocycles. The zero-order chi connectivity index (χ0) is 9.14. The second-order valence-corrected chi connectivity index (χ2v) is 3.19. The number of aliphatic hydroxyl groups is 1. The zero-order valence-corrected chi connectivity index (χ0v) is 7.62. The highest BCUT2D eigenvalue weighted by Gasteiger charge is 2.05. The van der Waals surface area contributed by atoms with Crippen molar-refractivity contribution in [3.8, 4) is 0 Å². The molecule has 0 bridgehead atoms. The Morgan fingerprint density at radius 1 is 1.75 bits per heavy atom. The van der Waals surface area contributed by atoms with Crippen LogP contribution in [0, 0.1) is 0 Å². The quantitative estimate of drug-likeness (QED) is 0.682. The predicted molar refractivity (Wildman–Crippen MR) is 49.9 cm³/mol. The highest BCUT2D eigenvalue weighted by Crippen LogP contribution is 2.13. The maximum atomic E-state index is 9.36. The van der Waals surface area contributed by atoms with Crippen LogP contribution >= 0.6 is 0 Å². The van der Waals surface area contributed by atoms with Gasteiger partial charge in [-0.05, 0) is 26.0 Å². The van der Waals surface area contributed by atoms with Crippen LogP contribution in [0.15, 0.2) is 30.5 Å². The summed E-state index contributed by atoms with van der Waals surface area (Å²) in [6.45, 7) is 8.36. The molecule has 0 saturated carbocycles. The van der Waals surface area contributed by atoms with E-state index in [0.717, 1.165) is 17.8 Å². The van der Waals surface area contributed by atoms with E-state index in [4.69, 9.17) is 0 Å². The van der Waals surface area contributed by atoms with Crippen molar-refractivity contribution >= 4 is 0 Å². The number of rotatable bonds is 3. The van der Waals surface area contributed by atoms with Gasteiger partial charge in [0.2, 0.25) is 0 Å². The molecular formula is C10H15NO. The van der Waals surface area contributed by atoms with Crippen LogP contribution in [0.2, 0.25) is 0 Å². The van der Waals surface area contributed by atoms with Gasteiger partial charge in [-0.25, -0.2) is 0 Å². The highest BCUT2D eigenvalue weighted by atomic mass is 16.3. The van der Waals surface area contributed by atoms with E-state index >= 15 is 0 Å². The molecule has 0 amide bonds. The average Bonchev–Trinajstić information content (AvgIpc) is 2.33. The lowest BCUT2D eigenvalue weighted by molar-refractivity contribution is 0.189. The topological polar surface area (TPSA) is 25.2 Å². The fourth-order valence-electron chi connectivity index (χ4n) is 1.24. The maximum absolute atomic E-state index is 9.36. The lowest BCUT2D eigenvalue weighted by atomic mass is 10.2. The van der Waals surface area contributed by atoms with Crippen molar-refractivity contribution < 1.29 is 5.11 Å². The molecule has 0 aliphatic rings. The maximum Gasteiger partial charge on any atom is 0.0911 e. The monoisotopic (exact) mass is 165 g/mol. The summed E-state index contributed by atoms with van der Waals surface area (Å²) in [4.78, 5) is 0. The smallest absolute Gasteiger partial charge is 0.0911 e. The van der Waals surface area contributed by atoms with Crippen LogP contribution in [-0.2, 0) is 6.54 Å². The second-order valence-electron chi connectivity index (χ2n) is 3.19. The Morgan fingerprint density at radius 2 is 2.42 bits per heavy atom. The van der Waals surface area contributed by atoms with Crippen LogP contribution in [0.25, 0.3) is 0 Å². The summed E-state index contributed by atoms with van der Waals surface area (Å²) in [6.07, 6.45) is 1.55. The highest BCUT2D eigenvalue weighted by molar-refractivity contribution is 5.11. The molecule has 12 heavy (non-hydrogen) atoms. The van der Waals surface area contributed by atoms with Gasteiger partial charge in [-0.15, -0.1) is 0 Å². The van der Waals surface area contributed by atoms with Gasteiger partial charge >= 0.3 is 0 Å². The minimum atomic E-state index is -0.403. The normalized spacial score (nSPS) is 12.9. The van der Waals surface area contributed by atoms with Crippen molar-refractivity contribution in [3.05, 3.63) is 36.2 Å². The first-order valence-electron chi connectivity index (χ1n) is 4.08. The van der Waals surface area contributed by atoms with Crippen molar-refractivity contribution in [2.24, 2.45) is 0 Å². The molecule has 1 aromatic rings. The van der Waals surface area contributed by atoms with Gasteiger partial charge < -0.3 is 9.67 Å². The first-order chi connectivity index (χ1) is 5.61. The van der Waals surface area contributed by atoms with Crippen LogP contribution in [0.1, 0.15) is 25.6 Å². The summed E-state index contributed by atoms with van der Waals surface area (Å²) in [5.41, 5.74) is 2.03. The number of allylic oxidation sites excluding steroid dienone is 1. The van der Waals surface area contributed by atoms with E-state index in [1.54, 1.807) is 6.92 Å². The molecule has 1 unspecified atom stereocenters. The number of aromatic nitrogens is 1. The fourth-order valence-corrected chi connectivity index (χ4v) is 1.24. The number of hydrogen-bond acceptors (Lipinski definition) is 1. The predicted octanol–water partition coefficient (Wildman–Crippen LogP) is 2.12. The van der Waals surface area contributed by atoms with Crippen LogP contribution in [0.4, 0.5) is 0 Å². The van der Waals surface area contributed by atoms with Crippen LogP contribution in [-0.4, -0.2) is 9.67 Å². The van der Waals surface area contributed by atoms with Crippen LogP contribution in [0.3, 0.4) is 0 Å². The molecule has 0 aromatic carbocycles. The Bertz CT molecular complexity index is 273. The lowest BCUT2D eigenvalue weighted by Crippen LogP contribution is -2.04. The molecule has 1 rings (SSSR count). The van der Waals surface area contributed by atoms with Gasteiger partial charge in [0.05, 0.1) is 6.10 Å². The van der Waals surface area contributed by atoms with Gasteiger partial charge in [-0.1, -0.05) is 12.2 Å². The number of nitrogens with zero attached hydrogens (tertiary/aromatic N) is 1. The van der Waals surface area contributed by atoms with Gasteiger partial charge in [0.1, 0.15) is 0 Å². The van der Waals surface area contributed by atoms with Gasteiger partial charge in [0.15, 0.2) is 0 Å². The van der Waals surface area contributed by atoms with Gasteiger partial charge in [0, 0.05) is 18.4 Å². The average molecular weight is 165 g/mol.